The van der Waals surface area contributed by atoms with Gasteiger partial charge in [0.15, 0.2) is 0 Å². The number of hydrogen-bond donors (Lipinski definition) is 1. The number of unbranched alkanes of at least 4 members (excludes halogenated alkanes) is 9. The summed E-state index contributed by atoms with van der Waals surface area (Å²) in [5.74, 6) is 0.351. The molecule has 0 saturated carbocycles. The van der Waals surface area contributed by atoms with E-state index in [1.807, 2.05) is 19.1 Å². The summed E-state index contributed by atoms with van der Waals surface area (Å²) in [5, 5.41) is 3.34. The molecule has 2 aliphatic heterocycles. The van der Waals surface area contributed by atoms with Crippen LogP contribution in [-0.4, -0.2) is 50.3 Å². The van der Waals surface area contributed by atoms with Gasteiger partial charge in [0.25, 0.3) is 11.5 Å². The monoisotopic (exact) mass is 570 g/mol. The number of rotatable bonds is 15. The van der Waals surface area contributed by atoms with Crippen molar-refractivity contribution in [2.45, 2.75) is 97.0 Å². The first-order valence-electron chi connectivity index (χ1n) is 14.6. The molecule has 7 nitrogen and oxygen atoms in total. The van der Waals surface area contributed by atoms with E-state index in [9.17, 15) is 9.59 Å². The van der Waals surface area contributed by atoms with Crippen molar-refractivity contribution >= 4 is 51.7 Å². The minimum Gasteiger partial charge on any atom is -0.376 e. The molecule has 4 heterocycles. The molecule has 1 unspecified atom stereocenters. The van der Waals surface area contributed by atoms with E-state index in [-0.39, 0.29) is 17.6 Å². The summed E-state index contributed by atoms with van der Waals surface area (Å²) in [6, 6.07) is 3.77. The first kappa shape index (κ1) is 29.7. The highest BCUT2D eigenvalue weighted by atomic mass is 32.2. The minimum absolute atomic E-state index is 0.0919. The molecule has 9 heteroatoms. The number of hydrogen-bond acceptors (Lipinski definition) is 7. The van der Waals surface area contributed by atoms with Gasteiger partial charge in [-0.25, -0.2) is 4.98 Å². The summed E-state index contributed by atoms with van der Waals surface area (Å²) in [4.78, 5) is 33.8. The van der Waals surface area contributed by atoms with E-state index in [1.54, 1.807) is 21.6 Å². The molecule has 0 spiro atoms. The molecular formula is C30H42N4O3S2. The Morgan fingerprint density at radius 3 is 2.54 bits per heavy atom. The zero-order valence-corrected chi connectivity index (χ0v) is 25.0. The number of carbonyl (C=O) groups excluding carboxylic acids is 1. The molecule has 0 radical (unpaired) electrons. The summed E-state index contributed by atoms with van der Waals surface area (Å²) >= 11 is 6.83. The average Bonchev–Trinajstić information content (AvgIpc) is 3.54. The molecule has 1 atom stereocenters. The standard InChI is InChI=1S/C30H42N4O3S2/c1-3-4-5-6-7-8-9-10-11-12-17-34-29(36)25(39-30(34)38)20-24-26(31-21-23-16-14-19-37-23)32-27-22(2)15-13-18-33(27)28(24)35/h13,15,18,20,23,31H,3-12,14,16-17,19,21H2,1-2H3. The Morgan fingerprint density at radius 1 is 1.13 bits per heavy atom. The van der Waals surface area contributed by atoms with Gasteiger partial charge in [-0.05, 0) is 43.9 Å². The maximum Gasteiger partial charge on any atom is 0.267 e. The second-order valence-corrected chi connectivity index (χ2v) is 12.3. The van der Waals surface area contributed by atoms with Crippen molar-refractivity contribution in [1.82, 2.24) is 14.3 Å². The van der Waals surface area contributed by atoms with Crippen LogP contribution in [0.3, 0.4) is 0 Å². The number of nitrogens with one attached hydrogen (secondary N) is 1. The number of thioether (sulfide) groups is 1. The molecule has 0 aromatic carbocycles. The molecule has 2 saturated heterocycles. The largest absolute Gasteiger partial charge is 0.376 e. The average molecular weight is 571 g/mol. The van der Waals surface area contributed by atoms with Crippen molar-refractivity contribution in [3.8, 4) is 0 Å². The first-order chi connectivity index (χ1) is 19.0. The lowest BCUT2D eigenvalue weighted by atomic mass is 10.1. The summed E-state index contributed by atoms with van der Waals surface area (Å²) in [6.07, 6.45) is 17.9. The summed E-state index contributed by atoms with van der Waals surface area (Å²) in [5.41, 5.74) is 1.67. The Morgan fingerprint density at radius 2 is 1.85 bits per heavy atom. The van der Waals surface area contributed by atoms with Crippen LogP contribution in [0.5, 0.6) is 0 Å². The lowest BCUT2D eigenvalue weighted by Crippen LogP contribution is -2.29. The number of carbonyl (C=O) groups is 1. The van der Waals surface area contributed by atoms with Crippen LogP contribution in [-0.2, 0) is 9.53 Å². The molecule has 1 amide bonds. The number of aryl methyl sites for hydroxylation is 1. The fraction of sp³-hybridized carbons (Fsp3) is 0.600. The quantitative estimate of drug-likeness (QED) is 0.145. The van der Waals surface area contributed by atoms with Crippen LogP contribution in [0.25, 0.3) is 11.7 Å². The first-order valence-corrected chi connectivity index (χ1v) is 15.8. The fourth-order valence-corrected chi connectivity index (χ4v) is 6.46. The Hall–Kier alpha value is -2.23. The second kappa shape index (κ2) is 15.0. The van der Waals surface area contributed by atoms with Crippen molar-refractivity contribution in [1.29, 1.82) is 0 Å². The smallest absolute Gasteiger partial charge is 0.267 e. The molecule has 2 aliphatic rings. The van der Waals surface area contributed by atoms with Crippen LogP contribution < -0.4 is 10.9 Å². The van der Waals surface area contributed by atoms with Gasteiger partial charge < -0.3 is 10.1 Å². The Balaban J connectivity index is 1.41. The van der Waals surface area contributed by atoms with E-state index in [2.05, 4.69) is 12.2 Å². The van der Waals surface area contributed by atoms with Crippen LogP contribution in [0.2, 0.25) is 0 Å². The van der Waals surface area contributed by atoms with E-state index in [0.29, 0.717) is 39.3 Å². The molecule has 212 valence electrons. The highest BCUT2D eigenvalue weighted by Gasteiger charge is 2.32. The molecule has 2 fully saturated rings. The third-order valence-electron chi connectivity index (χ3n) is 7.49. The van der Waals surface area contributed by atoms with E-state index in [0.717, 1.165) is 37.9 Å². The predicted molar refractivity (Wildman–Crippen MR) is 165 cm³/mol. The fourth-order valence-electron chi connectivity index (χ4n) is 5.17. The van der Waals surface area contributed by atoms with Crippen LogP contribution in [0.15, 0.2) is 28.0 Å². The van der Waals surface area contributed by atoms with E-state index in [4.69, 9.17) is 21.9 Å². The number of nitrogens with zero attached hydrogens (tertiary/aromatic N) is 3. The van der Waals surface area contributed by atoms with Gasteiger partial charge in [0.2, 0.25) is 0 Å². The van der Waals surface area contributed by atoms with E-state index >= 15 is 0 Å². The predicted octanol–water partition coefficient (Wildman–Crippen LogP) is 6.72. The molecular weight excluding hydrogens is 528 g/mol. The van der Waals surface area contributed by atoms with Gasteiger partial charge in [0.05, 0.1) is 16.6 Å². The van der Waals surface area contributed by atoms with E-state index < -0.39 is 0 Å². The van der Waals surface area contributed by atoms with Crippen molar-refractivity contribution in [2.75, 3.05) is 25.0 Å². The number of thiocarbonyl (C=S) groups is 1. The molecule has 39 heavy (non-hydrogen) atoms. The van der Waals surface area contributed by atoms with Crippen molar-refractivity contribution in [3.05, 3.63) is 44.7 Å². The molecule has 0 aliphatic carbocycles. The lowest BCUT2D eigenvalue weighted by Gasteiger charge is -2.15. The maximum atomic E-state index is 13.6. The van der Waals surface area contributed by atoms with Crippen LogP contribution >= 0.6 is 24.0 Å². The Bertz CT molecular complexity index is 1240. The zero-order chi connectivity index (χ0) is 27.6. The lowest BCUT2D eigenvalue weighted by molar-refractivity contribution is -0.122. The Labute approximate surface area is 241 Å². The van der Waals surface area contributed by atoms with Gasteiger partial charge in [-0.3, -0.25) is 18.9 Å². The minimum atomic E-state index is -0.210. The van der Waals surface area contributed by atoms with Crippen LogP contribution in [0, 0.1) is 6.92 Å². The number of aromatic nitrogens is 2. The molecule has 2 aromatic rings. The van der Waals surface area contributed by atoms with Gasteiger partial charge in [-0.2, -0.15) is 0 Å². The highest BCUT2D eigenvalue weighted by Crippen LogP contribution is 2.33. The zero-order valence-electron chi connectivity index (χ0n) is 23.4. The summed E-state index contributed by atoms with van der Waals surface area (Å²) < 4.78 is 7.85. The van der Waals surface area contributed by atoms with Gasteiger partial charge in [0.1, 0.15) is 15.8 Å². The third kappa shape index (κ3) is 7.92. The van der Waals surface area contributed by atoms with Crippen LogP contribution in [0.4, 0.5) is 5.82 Å². The third-order valence-corrected chi connectivity index (χ3v) is 8.87. The van der Waals surface area contributed by atoms with E-state index in [1.165, 1.54) is 63.1 Å². The molecule has 4 rings (SSSR count). The van der Waals surface area contributed by atoms with Gasteiger partial charge in [0, 0.05) is 25.9 Å². The molecule has 1 N–H and O–H groups in total. The number of fused-ring (bicyclic) bond motifs is 1. The summed E-state index contributed by atoms with van der Waals surface area (Å²) in [7, 11) is 0. The number of ether oxygens (including phenoxy) is 1. The second-order valence-electron chi connectivity index (χ2n) is 10.6. The van der Waals surface area contributed by atoms with Gasteiger partial charge in [-0.1, -0.05) is 94.8 Å². The topological polar surface area (TPSA) is 75.9 Å². The van der Waals surface area contributed by atoms with Gasteiger partial charge >= 0.3 is 0 Å². The van der Waals surface area contributed by atoms with Gasteiger partial charge in [-0.15, -0.1) is 0 Å². The maximum absolute atomic E-state index is 13.6. The highest BCUT2D eigenvalue weighted by molar-refractivity contribution is 8.26. The van der Waals surface area contributed by atoms with Crippen molar-refractivity contribution in [3.63, 3.8) is 0 Å². The van der Waals surface area contributed by atoms with Crippen LogP contribution in [0.1, 0.15) is 95.1 Å². The summed E-state index contributed by atoms with van der Waals surface area (Å²) in [6.45, 7) is 6.13. The number of anilines is 1. The normalized spacial score (nSPS) is 18.7. The van der Waals surface area contributed by atoms with Crippen molar-refractivity contribution < 1.29 is 9.53 Å². The Kier molecular flexibility index (Phi) is 11.4. The molecule has 0 bridgehead atoms. The number of amides is 1. The molecule has 2 aromatic heterocycles. The van der Waals surface area contributed by atoms with Crippen molar-refractivity contribution in [2.24, 2.45) is 0 Å². The SMILES string of the molecule is CCCCCCCCCCCCN1C(=O)C(=Cc2c(NCC3CCCO3)nc3c(C)cccn3c2=O)SC1=S. The number of pyridine rings is 1.